The fourth-order valence-corrected chi connectivity index (χ4v) is 3.00. The molecule has 0 amide bonds. The molecule has 4 aromatic rings. The highest BCUT2D eigenvalue weighted by atomic mass is 16.5. The second-order valence-corrected chi connectivity index (χ2v) is 6.60. The van der Waals surface area contributed by atoms with Crippen LogP contribution in [0.2, 0.25) is 0 Å². The molecule has 150 valence electrons. The second kappa shape index (κ2) is 8.08. The summed E-state index contributed by atoms with van der Waals surface area (Å²) in [5, 5.41) is 8.24. The molecule has 2 N–H and O–H groups in total. The van der Waals surface area contributed by atoms with Gasteiger partial charge in [-0.15, -0.1) is 5.10 Å². The number of nitrogens with zero attached hydrogens (tertiary/aromatic N) is 4. The Morgan fingerprint density at radius 3 is 2.53 bits per heavy atom. The van der Waals surface area contributed by atoms with Gasteiger partial charge in [0.25, 0.3) is 5.56 Å². The molecule has 9 heteroatoms. The van der Waals surface area contributed by atoms with E-state index in [2.05, 4.69) is 30.1 Å². The zero-order chi connectivity index (χ0) is 21.1. The molecule has 0 atom stereocenters. The van der Waals surface area contributed by atoms with Crippen molar-refractivity contribution < 1.29 is 4.74 Å². The van der Waals surface area contributed by atoms with Crippen LogP contribution in [0.4, 0.5) is 0 Å². The first-order chi connectivity index (χ1) is 14.5. The molecule has 3 aromatic heterocycles. The largest absolute Gasteiger partial charge is 0.497 e. The van der Waals surface area contributed by atoms with Gasteiger partial charge in [-0.25, -0.2) is 14.8 Å². The smallest absolute Gasteiger partial charge is 0.325 e. The Kier molecular flexibility index (Phi) is 5.17. The predicted molar refractivity (Wildman–Crippen MR) is 110 cm³/mol. The lowest BCUT2D eigenvalue weighted by atomic mass is 10.1. The fourth-order valence-electron chi connectivity index (χ4n) is 3.00. The number of aromatic nitrogens is 6. The van der Waals surface area contributed by atoms with Crippen LogP contribution in [0.25, 0.3) is 22.5 Å². The summed E-state index contributed by atoms with van der Waals surface area (Å²) in [6.07, 6.45) is 3.56. The summed E-state index contributed by atoms with van der Waals surface area (Å²) in [6, 6.07) is 11.2. The molecule has 0 aliphatic heterocycles. The van der Waals surface area contributed by atoms with E-state index < -0.39 is 11.2 Å². The molecule has 0 bridgehead atoms. The number of aryl methyl sites for hydroxylation is 1. The number of rotatable bonds is 5. The van der Waals surface area contributed by atoms with Crippen molar-refractivity contribution in [2.75, 3.05) is 7.11 Å². The third kappa shape index (κ3) is 4.00. The molecular formula is C21H18N6O3. The van der Waals surface area contributed by atoms with Crippen molar-refractivity contribution in [1.29, 1.82) is 0 Å². The normalized spacial score (nSPS) is 10.7. The highest BCUT2D eigenvalue weighted by molar-refractivity contribution is 5.68. The Bertz CT molecular complexity index is 1310. The second-order valence-electron chi connectivity index (χ2n) is 6.60. The van der Waals surface area contributed by atoms with Gasteiger partial charge in [0.15, 0.2) is 0 Å². The summed E-state index contributed by atoms with van der Waals surface area (Å²) in [4.78, 5) is 37.0. The van der Waals surface area contributed by atoms with E-state index in [0.717, 1.165) is 16.9 Å². The lowest BCUT2D eigenvalue weighted by Crippen LogP contribution is -2.23. The van der Waals surface area contributed by atoms with E-state index in [1.807, 2.05) is 31.2 Å². The predicted octanol–water partition coefficient (Wildman–Crippen LogP) is 1.89. The number of benzene rings is 1. The summed E-state index contributed by atoms with van der Waals surface area (Å²) < 4.78 is 5.18. The quantitative estimate of drug-likeness (QED) is 0.522. The molecule has 0 aliphatic carbocycles. The van der Waals surface area contributed by atoms with E-state index in [4.69, 9.17) is 4.74 Å². The number of H-pyrrole nitrogens is 2. The van der Waals surface area contributed by atoms with Crippen molar-refractivity contribution in [1.82, 2.24) is 30.1 Å². The van der Waals surface area contributed by atoms with Crippen LogP contribution in [0.1, 0.15) is 17.1 Å². The Morgan fingerprint density at radius 2 is 1.80 bits per heavy atom. The lowest BCUT2D eigenvalue weighted by molar-refractivity contribution is 0.414. The number of aromatic amines is 2. The molecule has 1 aromatic carbocycles. The van der Waals surface area contributed by atoms with Gasteiger partial charge in [-0.1, -0.05) is 12.1 Å². The number of nitrogens with one attached hydrogen (secondary N) is 2. The maximum atomic E-state index is 12.1. The zero-order valence-corrected chi connectivity index (χ0v) is 16.3. The Hall–Kier alpha value is -4.14. The van der Waals surface area contributed by atoms with Crippen LogP contribution < -0.4 is 16.0 Å². The van der Waals surface area contributed by atoms with Crippen LogP contribution in [-0.2, 0) is 6.42 Å². The monoisotopic (exact) mass is 402 g/mol. The van der Waals surface area contributed by atoms with E-state index in [9.17, 15) is 9.59 Å². The van der Waals surface area contributed by atoms with E-state index in [0.29, 0.717) is 29.3 Å². The molecular weight excluding hydrogens is 384 g/mol. The summed E-state index contributed by atoms with van der Waals surface area (Å²) in [6.45, 7) is 1.81. The van der Waals surface area contributed by atoms with Gasteiger partial charge in [0.2, 0.25) is 0 Å². The first-order valence-electron chi connectivity index (χ1n) is 9.15. The number of methoxy groups -OCH3 is 1. The third-order valence-electron chi connectivity index (χ3n) is 4.58. The van der Waals surface area contributed by atoms with E-state index in [-0.39, 0.29) is 5.56 Å². The molecule has 0 radical (unpaired) electrons. The topological polar surface area (TPSA) is 127 Å². The van der Waals surface area contributed by atoms with Gasteiger partial charge >= 0.3 is 5.69 Å². The average Bonchev–Trinajstić information content (AvgIpc) is 2.75. The molecule has 0 saturated heterocycles. The molecule has 0 spiro atoms. The van der Waals surface area contributed by atoms with Gasteiger partial charge in [-0.3, -0.25) is 9.78 Å². The fraction of sp³-hybridized carbons (Fsp3) is 0.143. The Balaban J connectivity index is 1.69. The van der Waals surface area contributed by atoms with Crippen molar-refractivity contribution >= 4 is 0 Å². The first-order valence-corrected chi connectivity index (χ1v) is 9.15. The highest BCUT2D eigenvalue weighted by Gasteiger charge is 2.13. The summed E-state index contributed by atoms with van der Waals surface area (Å²) in [7, 11) is 1.63. The Labute approximate surface area is 170 Å². The minimum Gasteiger partial charge on any atom is -0.497 e. The van der Waals surface area contributed by atoms with Crippen LogP contribution in [0.5, 0.6) is 5.75 Å². The van der Waals surface area contributed by atoms with Gasteiger partial charge in [0, 0.05) is 24.4 Å². The van der Waals surface area contributed by atoms with Crippen LogP contribution in [0, 0.1) is 6.92 Å². The van der Waals surface area contributed by atoms with Crippen LogP contribution in [-0.4, -0.2) is 37.2 Å². The zero-order valence-electron chi connectivity index (χ0n) is 16.3. The molecule has 30 heavy (non-hydrogen) atoms. The van der Waals surface area contributed by atoms with Crippen molar-refractivity contribution in [3.05, 3.63) is 86.7 Å². The minimum absolute atomic E-state index is 0.218. The number of hydrogen-bond donors (Lipinski definition) is 2. The van der Waals surface area contributed by atoms with Crippen LogP contribution in [0.3, 0.4) is 0 Å². The van der Waals surface area contributed by atoms with Crippen LogP contribution >= 0.6 is 0 Å². The molecule has 0 saturated carbocycles. The van der Waals surface area contributed by atoms with Crippen molar-refractivity contribution in [2.24, 2.45) is 0 Å². The summed E-state index contributed by atoms with van der Waals surface area (Å²) in [5.74, 6) is 1.44. The van der Waals surface area contributed by atoms with E-state index in [1.54, 1.807) is 25.4 Å². The van der Waals surface area contributed by atoms with Crippen LogP contribution in [0.15, 0.2) is 58.4 Å². The molecule has 3 heterocycles. The Morgan fingerprint density at radius 1 is 1.00 bits per heavy atom. The first kappa shape index (κ1) is 19.2. The maximum Gasteiger partial charge on any atom is 0.325 e. The minimum atomic E-state index is -0.581. The van der Waals surface area contributed by atoms with Gasteiger partial charge < -0.3 is 9.72 Å². The molecule has 0 unspecified atom stereocenters. The van der Waals surface area contributed by atoms with Gasteiger partial charge in [-0.05, 0) is 36.8 Å². The molecule has 0 aliphatic rings. The summed E-state index contributed by atoms with van der Waals surface area (Å²) >= 11 is 0. The number of ether oxygens (including phenoxy) is 1. The van der Waals surface area contributed by atoms with Crippen molar-refractivity contribution in [3.8, 4) is 28.3 Å². The van der Waals surface area contributed by atoms with Crippen molar-refractivity contribution in [2.45, 2.75) is 13.3 Å². The highest BCUT2D eigenvalue weighted by Crippen LogP contribution is 2.23. The van der Waals surface area contributed by atoms with E-state index >= 15 is 0 Å². The van der Waals surface area contributed by atoms with Gasteiger partial charge in [-0.2, -0.15) is 5.10 Å². The maximum absolute atomic E-state index is 12.1. The van der Waals surface area contributed by atoms with Crippen molar-refractivity contribution in [3.63, 3.8) is 0 Å². The summed E-state index contributed by atoms with van der Waals surface area (Å²) in [5.41, 5.74) is 2.55. The number of hydrogen-bond acceptors (Lipinski definition) is 7. The SMILES string of the molecule is COc1ccc(Cc2nccc(-c3cc(-c4c[nH]c(=O)[nH]c4=O)nnc3C)n2)cc1. The third-order valence-corrected chi connectivity index (χ3v) is 4.58. The molecule has 4 rings (SSSR count). The average molecular weight is 402 g/mol. The van der Waals surface area contributed by atoms with E-state index in [1.165, 1.54) is 6.20 Å². The molecule has 9 nitrogen and oxygen atoms in total. The molecule has 0 fully saturated rings. The van der Waals surface area contributed by atoms with Gasteiger partial charge in [0.05, 0.1) is 24.1 Å². The lowest BCUT2D eigenvalue weighted by Gasteiger charge is -2.08. The van der Waals surface area contributed by atoms with Gasteiger partial charge in [0.1, 0.15) is 17.3 Å². The standard InChI is InChI=1S/C21H18N6O3/c1-12-15(10-18(27-26-12)16-11-23-21(29)25-20(16)28)17-7-8-22-19(24-17)9-13-3-5-14(30-2)6-4-13/h3-8,10-11H,9H2,1-2H3,(H2,23,25,28,29).